The molecule has 0 aliphatic rings. The second kappa shape index (κ2) is 5.61. The van der Waals surface area contributed by atoms with Crippen molar-refractivity contribution < 1.29 is 4.79 Å². The Balaban J connectivity index is 3.23. The molecule has 0 radical (unpaired) electrons. The van der Waals surface area contributed by atoms with Gasteiger partial charge in [-0.05, 0) is 20.3 Å². The maximum absolute atomic E-state index is 12.0. The van der Waals surface area contributed by atoms with Crippen molar-refractivity contribution >= 4 is 5.78 Å². The summed E-state index contributed by atoms with van der Waals surface area (Å²) in [6, 6.07) is -0.189. The maximum Gasteiger partial charge on any atom is 0.328 e. The SMILES string of the molecule is CCCCC(C)n1c(=O)[nH]cc(C(C)=O)c1=O. The van der Waals surface area contributed by atoms with Crippen molar-refractivity contribution in [1.29, 1.82) is 0 Å². The fraction of sp³-hybridized carbons (Fsp3) is 0.583. The van der Waals surface area contributed by atoms with Crippen LogP contribution >= 0.6 is 0 Å². The Bertz CT molecular complexity index is 513. The van der Waals surface area contributed by atoms with Crippen LogP contribution in [0.3, 0.4) is 0 Å². The first kappa shape index (κ1) is 13.4. The quantitative estimate of drug-likeness (QED) is 0.790. The van der Waals surface area contributed by atoms with E-state index in [1.807, 2.05) is 13.8 Å². The van der Waals surface area contributed by atoms with Gasteiger partial charge in [-0.1, -0.05) is 19.8 Å². The minimum absolute atomic E-state index is 0.0351. The van der Waals surface area contributed by atoms with E-state index in [1.54, 1.807) is 0 Å². The predicted octanol–water partition coefficient (Wildman–Crippen LogP) is 1.49. The number of carbonyl (C=O) groups is 1. The molecule has 0 aliphatic carbocycles. The molecule has 1 unspecified atom stereocenters. The molecule has 0 saturated carbocycles. The summed E-state index contributed by atoms with van der Waals surface area (Å²) >= 11 is 0. The van der Waals surface area contributed by atoms with Crippen LogP contribution in [0.2, 0.25) is 0 Å². The van der Waals surface area contributed by atoms with Crippen molar-refractivity contribution in [2.45, 2.75) is 46.1 Å². The van der Waals surface area contributed by atoms with Gasteiger partial charge in [0.2, 0.25) is 0 Å². The summed E-state index contributed by atoms with van der Waals surface area (Å²) in [6.07, 6.45) is 3.89. The number of aromatic amines is 1. The molecule has 0 amide bonds. The molecule has 0 bridgehead atoms. The fourth-order valence-electron chi connectivity index (χ4n) is 1.77. The standard InChI is InChI=1S/C12H18N2O3/c1-4-5-6-8(2)14-11(16)10(9(3)15)7-13-12(14)17/h7-8H,4-6H2,1-3H3,(H,13,17). The van der Waals surface area contributed by atoms with E-state index in [0.717, 1.165) is 23.8 Å². The van der Waals surface area contributed by atoms with Crippen LogP contribution in [0.15, 0.2) is 15.8 Å². The predicted molar refractivity (Wildman–Crippen MR) is 65.6 cm³/mol. The van der Waals surface area contributed by atoms with Gasteiger partial charge in [-0.25, -0.2) is 4.79 Å². The third kappa shape index (κ3) is 2.93. The molecule has 0 aromatic carbocycles. The topological polar surface area (TPSA) is 71.9 Å². The van der Waals surface area contributed by atoms with E-state index < -0.39 is 11.2 Å². The summed E-state index contributed by atoms with van der Waals surface area (Å²) < 4.78 is 1.13. The number of Topliss-reactive ketones (excluding diaryl/α,β-unsaturated/α-hetero) is 1. The Hall–Kier alpha value is -1.65. The Kier molecular flexibility index (Phi) is 4.43. The summed E-state index contributed by atoms with van der Waals surface area (Å²) in [5.74, 6) is -0.331. The highest BCUT2D eigenvalue weighted by molar-refractivity contribution is 5.93. The third-order valence-corrected chi connectivity index (χ3v) is 2.80. The van der Waals surface area contributed by atoms with Crippen LogP contribution in [0.5, 0.6) is 0 Å². The average Bonchev–Trinajstić information content (AvgIpc) is 2.25. The van der Waals surface area contributed by atoms with Crippen LogP contribution in [-0.2, 0) is 0 Å². The van der Waals surface area contributed by atoms with Crippen molar-refractivity contribution in [3.8, 4) is 0 Å². The van der Waals surface area contributed by atoms with Crippen LogP contribution in [-0.4, -0.2) is 15.3 Å². The first-order chi connectivity index (χ1) is 7.99. The number of rotatable bonds is 5. The van der Waals surface area contributed by atoms with Gasteiger partial charge in [-0.15, -0.1) is 0 Å². The van der Waals surface area contributed by atoms with E-state index in [9.17, 15) is 14.4 Å². The minimum atomic E-state index is -0.496. The lowest BCUT2D eigenvalue weighted by atomic mass is 10.1. The largest absolute Gasteiger partial charge is 0.328 e. The average molecular weight is 238 g/mol. The highest BCUT2D eigenvalue weighted by atomic mass is 16.2. The van der Waals surface area contributed by atoms with Gasteiger partial charge >= 0.3 is 5.69 Å². The van der Waals surface area contributed by atoms with Crippen LogP contribution in [0.4, 0.5) is 0 Å². The smallest absolute Gasteiger partial charge is 0.313 e. The molecule has 1 aromatic heterocycles. The third-order valence-electron chi connectivity index (χ3n) is 2.80. The molecule has 1 N–H and O–H groups in total. The number of hydrogen-bond donors (Lipinski definition) is 1. The van der Waals surface area contributed by atoms with Gasteiger partial charge < -0.3 is 4.98 Å². The summed E-state index contributed by atoms with van der Waals surface area (Å²) in [7, 11) is 0. The second-order valence-electron chi connectivity index (χ2n) is 4.23. The molecule has 5 nitrogen and oxygen atoms in total. The molecule has 0 spiro atoms. The zero-order valence-electron chi connectivity index (χ0n) is 10.4. The fourth-order valence-corrected chi connectivity index (χ4v) is 1.77. The molecule has 1 rings (SSSR count). The number of H-pyrrole nitrogens is 1. The number of ketones is 1. The number of nitrogens with one attached hydrogen (secondary N) is 1. The minimum Gasteiger partial charge on any atom is -0.313 e. The van der Waals surface area contributed by atoms with Crippen molar-refractivity contribution in [2.24, 2.45) is 0 Å². The van der Waals surface area contributed by atoms with Gasteiger partial charge in [-0.3, -0.25) is 14.2 Å². The Labute approximate surface area is 99.5 Å². The number of unbranched alkanes of at least 4 members (excludes halogenated alkanes) is 1. The molecule has 0 aliphatic heterocycles. The van der Waals surface area contributed by atoms with Crippen LogP contribution in [0.25, 0.3) is 0 Å². The first-order valence-corrected chi connectivity index (χ1v) is 5.84. The molecule has 17 heavy (non-hydrogen) atoms. The van der Waals surface area contributed by atoms with Crippen molar-refractivity contribution in [3.63, 3.8) is 0 Å². The summed E-state index contributed by atoms with van der Waals surface area (Å²) in [5, 5.41) is 0. The molecule has 5 heteroatoms. The monoisotopic (exact) mass is 238 g/mol. The van der Waals surface area contributed by atoms with Crippen molar-refractivity contribution in [2.75, 3.05) is 0 Å². The lowest BCUT2D eigenvalue weighted by molar-refractivity contribution is 0.101. The van der Waals surface area contributed by atoms with Crippen LogP contribution in [0, 0.1) is 0 Å². The maximum atomic E-state index is 12.0. The summed E-state index contributed by atoms with van der Waals surface area (Å²) in [4.78, 5) is 37.2. The van der Waals surface area contributed by atoms with Crippen molar-refractivity contribution in [3.05, 3.63) is 32.6 Å². The Morgan fingerprint density at radius 2 is 2.12 bits per heavy atom. The molecule has 0 fully saturated rings. The zero-order chi connectivity index (χ0) is 13.0. The van der Waals surface area contributed by atoms with E-state index in [1.165, 1.54) is 13.1 Å². The molecule has 1 aromatic rings. The summed E-state index contributed by atoms with van der Waals surface area (Å²) in [6.45, 7) is 5.18. The van der Waals surface area contributed by atoms with E-state index in [0.29, 0.717) is 0 Å². The van der Waals surface area contributed by atoms with Gasteiger partial charge in [0.25, 0.3) is 5.56 Å². The van der Waals surface area contributed by atoms with Gasteiger partial charge in [0.15, 0.2) is 5.78 Å². The van der Waals surface area contributed by atoms with Gasteiger partial charge in [-0.2, -0.15) is 0 Å². The number of nitrogens with zero attached hydrogens (tertiary/aromatic N) is 1. The zero-order valence-corrected chi connectivity index (χ0v) is 10.4. The molecular weight excluding hydrogens is 220 g/mol. The molecule has 0 saturated heterocycles. The molecule has 1 heterocycles. The van der Waals surface area contributed by atoms with Gasteiger partial charge in [0.05, 0.1) is 5.56 Å². The van der Waals surface area contributed by atoms with Gasteiger partial charge in [0.1, 0.15) is 0 Å². The van der Waals surface area contributed by atoms with E-state index in [2.05, 4.69) is 4.98 Å². The highest BCUT2D eigenvalue weighted by Crippen LogP contribution is 2.09. The second-order valence-corrected chi connectivity index (χ2v) is 4.23. The van der Waals surface area contributed by atoms with Crippen LogP contribution < -0.4 is 11.2 Å². The van der Waals surface area contributed by atoms with E-state index in [4.69, 9.17) is 0 Å². The van der Waals surface area contributed by atoms with Crippen LogP contribution in [0.1, 0.15) is 56.4 Å². The normalized spacial score (nSPS) is 12.4. The lowest BCUT2D eigenvalue weighted by Crippen LogP contribution is -2.39. The molecule has 94 valence electrons. The van der Waals surface area contributed by atoms with Gasteiger partial charge in [0, 0.05) is 12.2 Å². The number of carbonyl (C=O) groups excluding carboxylic acids is 1. The first-order valence-electron chi connectivity index (χ1n) is 5.84. The number of hydrogen-bond acceptors (Lipinski definition) is 3. The van der Waals surface area contributed by atoms with E-state index >= 15 is 0 Å². The Morgan fingerprint density at radius 1 is 1.47 bits per heavy atom. The number of aromatic nitrogens is 2. The molecular formula is C12H18N2O3. The van der Waals surface area contributed by atoms with E-state index in [-0.39, 0.29) is 17.4 Å². The highest BCUT2D eigenvalue weighted by Gasteiger charge is 2.15. The summed E-state index contributed by atoms with van der Waals surface area (Å²) in [5.41, 5.74) is -0.915. The van der Waals surface area contributed by atoms with Crippen molar-refractivity contribution in [1.82, 2.24) is 9.55 Å². The lowest BCUT2D eigenvalue weighted by Gasteiger charge is -2.13. The Morgan fingerprint density at radius 3 is 2.65 bits per heavy atom. The molecule has 1 atom stereocenters.